The molecule has 1 aliphatic heterocycles. The summed E-state index contributed by atoms with van der Waals surface area (Å²) < 4.78 is 5.80. The molecule has 0 bridgehead atoms. The highest BCUT2D eigenvalue weighted by molar-refractivity contribution is 7.11. The first-order valence-corrected chi connectivity index (χ1v) is 13.3. The molecule has 1 atom stereocenters. The van der Waals surface area contributed by atoms with Crippen LogP contribution in [0.5, 0.6) is 5.75 Å². The maximum absolute atomic E-state index is 13.5. The van der Waals surface area contributed by atoms with E-state index in [4.69, 9.17) is 15.1 Å². The molecule has 1 amide bonds. The third-order valence-electron chi connectivity index (χ3n) is 7.26. The van der Waals surface area contributed by atoms with Crippen molar-refractivity contribution in [2.45, 2.75) is 71.8 Å². The van der Waals surface area contributed by atoms with E-state index in [-0.39, 0.29) is 16.7 Å². The lowest BCUT2D eigenvalue weighted by molar-refractivity contribution is 0.0255. The Bertz CT molecular complexity index is 1130. The van der Waals surface area contributed by atoms with Crippen LogP contribution in [0.25, 0.3) is 0 Å². The number of benzene rings is 1. The molecule has 0 radical (unpaired) electrons. The van der Waals surface area contributed by atoms with Gasteiger partial charge in [-0.15, -0.1) is 11.3 Å². The van der Waals surface area contributed by atoms with Crippen molar-refractivity contribution in [2.75, 3.05) is 32.1 Å². The fourth-order valence-electron chi connectivity index (χ4n) is 5.30. The highest BCUT2D eigenvalue weighted by Gasteiger charge is 2.44. The number of hydrogen-bond donors (Lipinski definition) is 3. The molecule has 35 heavy (non-hydrogen) atoms. The first kappa shape index (κ1) is 25.6. The standard InChI is InChI=1S/C27H38N4O3S/c1-7-34-20-13-17(12-18(16(2)28)22(20)29-6)24(33)31-10-8-27(9-11-31)14-19(32)23-21(15-27)35-25(30-23)26(3,4)5/h12-13,19,28-29,32H,7-11,14-15H2,1-6H3. The number of rotatable bonds is 5. The van der Waals surface area contributed by atoms with E-state index in [0.717, 1.165) is 35.7 Å². The van der Waals surface area contributed by atoms with Crippen molar-refractivity contribution >= 4 is 28.6 Å². The van der Waals surface area contributed by atoms with Gasteiger partial charge in [0.15, 0.2) is 0 Å². The van der Waals surface area contributed by atoms with Crippen molar-refractivity contribution in [3.05, 3.63) is 38.8 Å². The summed E-state index contributed by atoms with van der Waals surface area (Å²) in [7, 11) is 1.80. The molecule has 1 aromatic carbocycles. The largest absolute Gasteiger partial charge is 0.492 e. The van der Waals surface area contributed by atoms with Crippen LogP contribution in [0, 0.1) is 10.8 Å². The van der Waals surface area contributed by atoms with Gasteiger partial charge in [0.25, 0.3) is 5.91 Å². The summed E-state index contributed by atoms with van der Waals surface area (Å²) in [6.07, 6.45) is 2.83. The van der Waals surface area contributed by atoms with Crippen LogP contribution in [0.4, 0.5) is 5.69 Å². The van der Waals surface area contributed by atoms with Gasteiger partial charge in [0.2, 0.25) is 0 Å². The number of nitrogens with one attached hydrogen (secondary N) is 2. The van der Waals surface area contributed by atoms with E-state index in [1.807, 2.05) is 11.8 Å². The van der Waals surface area contributed by atoms with Crippen molar-refractivity contribution in [1.82, 2.24) is 9.88 Å². The average molecular weight is 499 g/mol. The number of carbonyl (C=O) groups is 1. The zero-order chi connectivity index (χ0) is 25.5. The van der Waals surface area contributed by atoms with Gasteiger partial charge in [0, 0.05) is 47.3 Å². The molecule has 1 spiro atoms. The molecule has 0 saturated carbocycles. The number of anilines is 1. The smallest absolute Gasteiger partial charge is 0.254 e. The number of aliphatic hydroxyl groups is 1. The Labute approximate surface area is 212 Å². The summed E-state index contributed by atoms with van der Waals surface area (Å²) >= 11 is 1.74. The molecule has 1 unspecified atom stereocenters. The minimum atomic E-state index is -0.533. The summed E-state index contributed by atoms with van der Waals surface area (Å²) in [5, 5.41) is 23.3. The highest BCUT2D eigenvalue weighted by Crippen LogP contribution is 2.50. The average Bonchev–Trinajstić information content (AvgIpc) is 3.24. The molecule has 7 nitrogen and oxygen atoms in total. The van der Waals surface area contributed by atoms with Crippen LogP contribution in [0.1, 0.15) is 91.5 Å². The van der Waals surface area contributed by atoms with Gasteiger partial charge in [0.1, 0.15) is 5.75 Å². The quantitative estimate of drug-likeness (QED) is 0.494. The first-order valence-electron chi connectivity index (χ1n) is 12.5. The molecule has 4 rings (SSSR count). The number of hydrogen-bond acceptors (Lipinski definition) is 7. The van der Waals surface area contributed by atoms with E-state index in [0.29, 0.717) is 48.7 Å². The Morgan fingerprint density at radius 3 is 2.60 bits per heavy atom. The van der Waals surface area contributed by atoms with Crippen molar-refractivity contribution in [2.24, 2.45) is 5.41 Å². The van der Waals surface area contributed by atoms with Gasteiger partial charge in [-0.25, -0.2) is 4.98 Å². The zero-order valence-corrected chi connectivity index (χ0v) is 22.6. The third-order valence-corrected chi connectivity index (χ3v) is 8.76. The van der Waals surface area contributed by atoms with Gasteiger partial charge >= 0.3 is 0 Å². The van der Waals surface area contributed by atoms with Crippen LogP contribution in [0.2, 0.25) is 0 Å². The number of thiazole rings is 1. The summed E-state index contributed by atoms with van der Waals surface area (Å²) in [6, 6.07) is 3.59. The molecule has 1 saturated heterocycles. The Morgan fingerprint density at radius 1 is 1.34 bits per heavy atom. The van der Waals surface area contributed by atoms with E-state index >= 15 is 0 Å². The molecular weight excluding hydrogens is 460 g/mol. The number of ether oxygens (including phenoxy) is 1. The third kappa shape index (κ3) is 4.96. The van der Waals surface area contributed by atoms with Gasteiger partial charge in [-0.05, 0) is 57.1 Å². The number of fused-ring (bicyclic) bond motifs is 1. The molecule has 2 heterocycles. The molecule has 2 aromatic rings. The number of likely N-dealkylation sites (tertiary alicyclic amines) is 1. The van der Waals surface area contributed by atoms with Gasteiger partial charge in [0.05, 0.1) is 29.1 Å². The predicted octanol–water partition coefficient (Wildman–Crippen LogP) is 5.17. The lowest BCUT2D eigenvalue weighted by atomic mass is 9.68. The number of aromatic nitrogens is 1. The summed E-state index contributed by atoms with van der Waals surface area (Å²) in [4.78, 5) is 21.4. The molecule has 3 N–H and O–H groups in total. The molecular formula is C27H38N4O3S. The topological polar surface area (TPSA) is 98.5 Å². The number of carbonyl (C=O) groups excluding carboxylic acids is 1. The van der Waals surface area contributed by atoms with Gasteiger partial charge in [-0.1, -0.05) is 20.8 Å². The second kappa shape index (κ2) is 9.54. The number of nitrogens with zero attached hydrogens (tertiary/aromatic N) is 2. The fourth-order valence-corrected chi connectivity index (χ4v) is 6.65. The first-order chi connectivity index (χ1) is 16.5. The number of amides is 1. The fraction of sp³-hybridized carbons (Fsp3) is 0.593. The molecule has 8 heteroatoms. The Morgan fingerprint density at radius 2 is 2.03 bits per heavy atom. The number of aliphatic hydroxyl groups excluding tert-OH is 1. The lowest BCUT2D eigenvalue weighted by Crippen LogP contribution is -2.45. The zero-order valence-electron chi connectivity index (χ0n) is 21.7. The maximum Gasteiger partial charge on any atom is 0.254 e. The summed E-state index contributed by atoms with van der Waals surface area (Å²) in [5.74, 6) is 0.564. The van der Waals surface area contributed by atoms with E-state index in [9.17, 15) is 9.90 Å². The second-order valence-corrected chi connectivity index (χ2v) is 12.1. The van der Waals surface area contributed by atoms with E-state index in [1.54, 1.807) is 37.4 Å². The maximum atomic E-state index is 13.5. The van der Waals surface area contributed by atoms with Crippen molar-refractivity contribution < 1.29 is 14.6 Å². The van der Waals surface area contributed by atoms with E-state index in [1.165, 1.54) is 4.88 Å². The van der Waals surface area contributed by atoms with Crippen LogP contribution in [-0.4, -0.2) is 53.4 Å². The lowest BCUT2D eigenvalue weighted by Gasteiger charge is -2.45. The van der Waals surface area contributed by atoms with E-state index < -0.39 is 6.10 Å². The molecule has 1 aromatic heterocycles. The minimum absolute atomic E-state index is 0.00800. The predicted molar refractivity (Wildman–Crippen MR) is 141 cm³/mol. The van der Waals surface area contributed by atoms with Crippen molar-refractivity contribution in [3.63, 3.8) is 0 Å². The van der Waals surface area contributed by atoms with Gasteiger partial charge in [-0.2, -0.15) is 0 Å². The Kier molecular flexibility index (Phi) is 6.99. The number of piperidine rings is 1. The van der Waals surface area contributed by atoms with Crippen LogP contribution >= 0.6 is 11.3 Å². The van der Waals surface area contributed by atoms with Crippen LogP contribution in [0.15, 0.2) is 12.1 Å². The molecule has 1 aliphatic carbocycles. The summed E-state index contributed by atoms with van der Waals surface area (Å²) in [5.41, 5.74) is 3.20. The minimum Gasteiger partial charge on any atom is -0.492 e. The normalized spacial score (nSPS) is 19.4. The Hall–Kier alpha value is -2.45. The summed E-state index contributed by atoms with van der Waals surface area (Å²) in [6.45, 7) is 11.9. The molecule has 2 aliphatic rings. The van der Waals surface area contributed by atoms with Crippen molar-refractivity contribution in [1.29, 1.82) is 5.41 Å². The molecule has 1 fully saturated rings. The van der Waals surface area contributed by atoms with E-state index in [2.05, 4.69) is 26.1 Å². The second-order valence-electron chi connectivity index (χ2n) is 11.0. The molecule has 190 valence electrons. The monoisotopic (exact) mass is 498 g/mol. The highest BCUT2D eigenvalue weighted by atomic mass is 32.1. The van der Waals surface area contributed by atoms with Crippen molar-refractivity contribution in [3.8, 4) is 5.75 Å². The SMILES string of the molecule is CCOc1cc(C(=O)N2CCC3(CC2)Cc2sc(C(C)(C)C)nc2C(O)C3)cc(C(C)=N)c1NC. The van der Waals surface area contributed by atoms with Crippen LogP contribution < -0.4 is 10.1 Å². The van der Waals surface area contributed by atoms with Crippen LogP contribution in [-0.2, 0) is 11.8 Å². The van der Waals surface area contributed by atoms with Gasteiger partial charge in [-0.3, -0.25) is 4.79 Å². The Balaban J connectivity index is 1.53. The van der Waals surface area contributed by atoms with Gasteiger partial charge < -0.3 is 25.5 Å². The van der Waals surface area contributed by atoms with Crippen LogP contribution in [0.3, 0.4) is 0 Å².